The molecule has 5 rings (SSSR count). The first-order valence-electron chi connectivity index (χ1n) is 13.9. The Hall–Kier alpha value is -3.85. The van der Waals surface area contributed by atoms with E-state index in [1.54, 1.807) is 21.1 Å². The first-order valence-corrected chi connectivity index (χ1v) is 13.9. The number of piperazine rings is 1. The van der Waals surface area contributed by atoms with E-state index in [1.807, 2.05) is 53.1 Å². The van der Waals surface area contributed by atoms with Crippen molar-refractivity contribution in [3.63, 3.8) is 0 Å². The van der Waals surface area contributed by atoms with E-state index in [-0.39, 0.29) is 17.9 Å². The van der Waals surface area contributed by atoms with Crippen LogP contribution in [0.2, 0.25) is 0 Å². The summed E-state index contributed by atoms with van der Waals surface area (Å²) in [5.74, 6) is 2.16. The Labute approximate surface area is 235 Å². The molecule has 2 amide bonds. The molecule has 2 fully saturated rings. The third-order valence-corrected chi connectivity index (χ3v) is 7.82. The van der Waals surface area contributed by atoms with Crippen molar-refractivity contribution in [2.24, 2.45) is 0 Å². The fraction of sp³-hybridized carbons (Fsp3) is 0.452. The molecular formula is C31H38N4O5. The number of aromatic nitrogens is 1. The van der Waals surface area contributed by atoms with E-state index < -0.39 is 0 Å². The molecule has 0 N–H and O–H groups in total. The number of nitrogens with zero attached hydrogens (tertiary/aromatic N) is 4. The molecule has 3 aromatic rings. The van der Waals surface area contributed by atoms with Crippen molar-refractivity contribution < 1.29 is 23.8 Å². The van der Waals surface area contributed by atoms with Gasteiger partial charge in [0.25, 0.3) is 5.91 Å². The van der Waals surface area contributed by atoms with Gasteiger partial charge in [-0.3, -0.25) is 9.59 Å². The van der Waals surface area contributed by atoms with Crippen molar-refractivity contribution in [2.75, 3.05) is 58.5 Å². The topological polar surface area (TPSA) is 84.4 Å². The number of carbonyl (C=O) groups excluding carboxylic acids is 2. The molecule has 1 atom stereocenters. The Morgan fingerprint density at radius 1 is 1.02 bits per heavy atom. The van der Waals surface area contributed by atoms with Crippen molar-refractivity contribution in [1.82, 2.24) is 14.8 Å². The van der Waals surface area contributed by atoms with E-state index in [4.69, 9.17) is 19.2 Å². The van der Waals surface area contributed by atoms with Crippen molar-refractivity contribution in [3.05, 3.63) is 59.2 Å². The zero-order valence-electron chi connectivity index (χ0n) is 23.8. The molecule has 0 saturated carbocycles. The first kappa shape index (κ1) is 27.7. The zero-order chi connectivity index (χ0) is 28.2. The van der Waals surface area contributed by atoms with Gasteiger partial charge in [-0.05, 0) is 50.1 Å². The molecule has 212 valence electrons. The van der Waals surface area contributed by atoms with Crippen LogP contribution in [0.15, 0.2) is 42.5 Å². The number of anilines is 1. The fourth-order valence-corrected chi connectivity index (χ4v) is 5.54. The highest BCUT2D eigenvalue weighted by atomic mass is 16.5. The molecule has 2 aromatic carbocycles. The predicted molar refractivity (Wildman–Crippen MR) is 154 cm³/mol. The van der Waals surface area contributed by atoms with Crippen LogP contribution in [0, 0.1) is 6.92 Å². The second-order valence-electron chi connectivity index (χ2n) is 10.5. The molecule has 0 radical (unpaired) electrons. The second-order valence-corrected chi connectivity index (χ2v) is 10.5. The average Bonchev–Trinajstić information content (AvgIpc) is 3.49. The highest BCUT2D eigenvalue weighted by molar-refractivity contribution is 5.95. The van der Waals surface area contributed by atoms with Crippen LogP contribution in [0.4, 0.5) is 5.82 Å². The van der Waals surface area contributed by atoms with E-state index in [0.717, 1.165) is 41.8 Å². The summed E-state index contributed by atoms with van der Waals surface area (Å²) in [7, 11) is 3.27. The molecule has 2 aliphatic heterocycles. The smallest absolute Gasteiger partial charge is 0.254 e. The molecule has 1 unspecified atom stereocenters. The lowest BCUT2D eigenvalue weighted by atomic mass is 10.1. The van der Waals surface area contributed by atoms with Gasteiger partial charge < -0.3 is 28.9 Å². The SMILES string of the molecule is COc1ccc(OC)c2nc(N3CCN(C(C)=O)CC3)c(CN(CC3CCCO3)C(=O)c3ccc(C)cc3)cc12. The normalized spacial score (nSPS) is 17.2. The summed E-state index contributed by atoms with van der Waals surface area (Å²) in [5.41, 5.74) is 3.36. The summed E-state index contributed by atoms with van der Waals surface area (Å²) in [6, 6.07) is 13.5. The van der Waals surface area contributed by atoms with Crippen molar-refractivity contribution in [1.29, 1.82) is 0 Å². The van der Waals surface area contributed by atoms with Crippen molar-refractivity contribution in [2.45, 2.75) is 39.3 Å². The largest absolute Gasteiger partial charge is 0.496 e. The molecule has 9 heteroatoms. The van der Waals surface area contributed by atoms with Gasteiger partial charge in [0.2, 0.25) is 5.91 Å². The summed E-state index contributed by atoms with van der Waals surface area (Å²) in [6.07, 6.45) is 1.93. The van der Waals surface area contributed by atoms with Crippen molar-refractivity contribution >= 4 is 28.5 Å². The van der Waals surface area contributed by atoms with Gasteiger partial charge in [-0.1, -0.05) is 17.7 Å². The number of aryl methyl sites for hydroxylation is 1. The Kier molecular flexibility index (Phi) is 8.40. The molecule has 0 bridgehead atoms. The lowest BCUT2D eigenvalue weighted by molar-refractivity contribution is -0.129. The van der Waals surface area contributed by atoms with Crippen LogP contribution in [0.5, 0.6) is 11.5 Å². The summed E-state index contributed by atoms with van der Waals surface area (Å²) in [4.78, 5) is 36.9. The number of pyridine rings is 1. The standard InChI is InChI=1S/C31H38N4O5/c1-21-7-9-23(10-8-21)31(37)35(20-25-6-5-17-40-25)19-24-18-26-27(38-3)11-12-28(39-4)29(26)32-30(24)34-15-13-33(14-16-34)22(2)36/h7-12,18,25H,5-6,13-17,19-20H2,1-4H3. The Bertz CT molecular complexity index is 1360. The number of hydrogen-bond acceptors (Lipinski definition) is 7. The minimum absolute atomic E-state index is 0.00000515. The lowest BCUT2D eigenvalue weighted by Gasteiger charge is -2.36. The maximum absolute atomic E-state index is 13.9. The van der Waals surface area contributed by atoms with Gasteiger partial charge >= 0.3 is 0 Å². The number of amides is 2. The fourth-order valence-electron chi connectivity index (χ4n) is 5.54. The molecular weight excluding hydrogens is 508 g/mol. The first-order chi connectivity index (χ1) is 19.4. The minimum Gasteiger partial charge on any atom is -0.496 e. The summed E-state index contributed by atoms with van der Waals surface area (Å²) >= 11 is 0. The monoisotopic (exact) mass is 546 g/mol. The number of fused-ring (bicyclic) bond motifs is 1. The third-order valence-electron chi connectivity index (χ3n) is 7.82. The van der Waals surface area contributed by atoms with Gasteiger partial charge in [-0.2, -0.15) is 0 Å². The molecule has 3 heterocycles. The maximum atomic E-state index is 13.9. The molecule has 2 saturated heterocycles. The minimum atomic E-state index is -0.0412. The van der Waals surface area contributed by atoms with Crippen LogP contribution in [0.3, 0.4) is 0 Å². The molecule has 9 nitrogen and oxygen atoms in total. The third kappa shape index (κ3) is 5.84. The van der Waals surface area contributed by atoms with E-state index in [1.165, 1.54) is 0 Å². The molecule has 0 aliphatic carbocycles. The number of rotatable bonds is 8. The van der Waals surface area contributed by atoms with Gasteiger partial charge in [-0.15, -0.1) is 0 Å². The number of carbonyl (C=O) groups is 2. The van der Waals surface area contributed by atoms with Crippen LogP contribution in [-0.2, 0) is 16.1 Å². The molecule has 40 heavy (non-hydrogen) atoms. The maximum Gasteiger partial charge on any atom is 0.254 e. The van der Waals surface area contributed by atoms with Crippen LogP contribution in [0.1, 0.15) is 41.3 Å². The molecule has 2 aliphatic rings. The van der Waals surface area contributed by atoms with E-state index in [2.05, 4.69) is 11.0 Å². The van der Waals surface area contributed by atoms with E-state index >= 15 is 0 Å². The predicted octanol–water partition coefficient (Wildman–Crippen LogP) is 4.05. The Balaban J connectivity index is 1.57. The van der Waals surface area contributed by atoms with Gasteiger partial charge in [0.1, 0.15) is 22.8 Å². The van der Waals surface area contributed by atoms with Crippen LogP contribution in [-0.4, -0.2) is 86.3 Å². The van der Waals surface area contributed by atoms with E-state index in [0.29, 0.717) is 61.8 Å². The number of methoxy groups -OCH3 is 2. The number of hydrogen-bond donors (Lipinski definition) is 0. The molecule has 0 spiro atoms. The summed E-state index contributed by atoms with van der Waals surface area (Å²) in [5, 5.41) is 0.822. The van der Waals surface area contributed by atoms with Crippen LogP contribution < -0.4 is 14.4 Å². The van der Waals surface area contributed by atoms with Gasteiger partial charge in [-0.25, -0.2) is 4.98 Å². The Morgan fingerprint density at radius 2 is 1.73 bits per heavy atom. The lowest BCUT2D eigenvalue weighted by Crippen LogP contribution is -2.48. The van der Waals surface area contributed by atoms with E-state index in [9.17, 15) is 9.59 Å². The summed E-state index contributed by atoms with van der Waals surface area (Å²) in [6.45, 7) is 7.72. The number of benzene rings is 2. The number of ether oxygens (including phenoxy) is 3. The summed E-state index contributed by atoms with van der Waals surface area (Å²) < 4.78 is 17.3. The van der Waals surface area contributed by atoms with Crippen LogP contribution in [0.25, 0.3) is 10.9 Å². The second kappa shape index (κ2) is 12.1. The quantitative estimate of drug-likeness (QED) is 0.422. The van der Waals surface area contributed by atoms with Gasteiger partial charge in [0.15, 0.2) is 0 Å². The van der Waals surface area contributed by atoms with Gasteiger partial charge in [0, 0.05) is 69.3 Å². The molecule has 1 aromatic heterocycles. The highest BCUT2D eigenvalue weighted by Gasteiger charge is 2.28. The Morgan fingerprint density at radius 3 is 2.35 bits per heavy atom. The van der Waals surface area contributed by atoms with Gasteiger partial charge in [0.05, 0.1) is 20.3 Å². The highest BCUT2D eigenvalue weighted by Crippen LogP contribution is 2.36. The zero-order valence-corrected chi connectivity index (χ0v) is 23.8. The van der Waals surface area contributed by atoms with Crippen LogP contribution >= 0.6 is 0 Å². The average molecular weight is 547 g/mol. The van der Waals surface area contributed by atoms with Crippen molar-refractivity contribution in [3.8, 4) is 11.5 Å².